The number of methoxy groups -OCH3 is 1. The number of rotatable bonds is 3. The Kier molecular flexibility index (Phi) is 3.65. The highest BCUT2D eigenvalue weighted by molar-refractivity contribution is 5.44. The van der Waals surface area contributed by atoms with E-state index in [1.165, 1.54) is 37.9 Å². The van der Waals surface area contributed by atoms with Crippen LogP contribution in [0.4, 0.5) is 0 Å². The van der Waals surface area contributed by atoms with Crippen molar-refractivity contribution >= 4 is 0 Å². The smallest absolute Gasteiger partial charge is 0.123 e. The Bertz CT molecular complexity index is 444. The van der Waals surface area contributed by atoms with Crippen LogP contribution in [-0.4, -0.2) is 37.7 Å². The Labute approximate surface area is 115 Å². The van der Waals surface area contributed by atoms with E-state index in [1.807, 2.05) is 6.07 Å². The fourth-order valence-electron chi connectivity index (χ4n) is 3.53. The van der Waals surface area contributed by atoms with Gasteiger partial charge in [-0.25, -0.2) is 0 Å². The van der Waals surface area contributed by atoms with Crippen molar-refractivity contribution in [1.29, 1.82) is 0 Å². The van der Waals surface area contributed by atoms with Crippen molar-refractivity contribution in [3.8, 4) is 11.5 Å². The number of nitrogens with zero attached hydrogens (tertiary/aromatic N) is 1. The molecule has 1 fully saturated rings. The molecule has 0 unspecified atom stereocenters. The minimum atomic E-state index is 0.549. The van der Waals surface area contributed by atoms with Crippen molar-refractivity contribution in [2.24, 2.45) is 0 Å². The third kappa shape index (κ3) is 2.32. The molecular formula is C16H23NO2. The lowest BCUT2D eigenvalue weighted by Crippen LogP contribution is -2.49. The van der Waals surface area contributed by atoms with E-state index in [1.54, 1.807) is 7.11 Å². The second-order valence-electron chi connectivity index (χ2n) is 5.57. The largest absolute Gasteiger partial charge is 0.497 e. The van der Waals surface area contributed by atoms with E-state index >= 15 is 0 Å². The van der Waals surface area contributed by atoms with Crippen LogP contribution >= 0.6 is 0 Å². The third-order valence-corrected chi connectivity index (χ3v) is 4.43. The summed E-state index contributed by atoms with van der Waals surface area (Å²) in [5.41, 5.74) is 1.34. The van der Waals surface area contributed by atoms with E-state index in [0.29, 0.717) is 12.0 Å². The maximum atomic E-state index is 5.97. The number of piperidine rings is 1. The van der Waals surface area contributed by atoms with Crippen LogP contribution in [0, 0.1) is 0 Å². The molecule has 0 radical (unpaired) electrons. The van der Waals surface area contributed by atoms with Gasteiger partial charge in [0.05, 0.1) is 13.2 Å². The zero-order chi connectivity index (χ0) is 13.2. The highest BCUT2D eigenvalue weighted by Gasteiger charge is 2.37. The van der Waals surface area contributed by atoms with Crippen LogP contribution in [0.1, 0.15) is 37.7 Å². The summed E-state index contributed by atoms with van der Waals surface area (Å²) in [4.78, 5) is 2.61. The SMILES string of the molecule is CCCN1CCC[C@H]2c3cc(OC)ccc3OC[C@@H]21. The normalized spacial score (nSPS) is 26.2. The molecule has 0 aliphatic carbocycles. The zero-order valence-corrected chi connectivity index (χ0v) is 11.9. The van der Waals surface area contributed by atoms with Crippen LogP contribution < -0.4 is 9.47 Å². The Morgan fingerprint density at radius 3 is 3.11 bits per heavy atom. The summed E-state index contributed by atoms with van der Waals surface area (Å²) >= 11 is 0. The average molecular weight is 261 g/mol. The lowest BCUT2D eigenvalue weighted by Gasteiger charge is -2.44. The van der Waals surface area contributed by atoms with Crippen molar-refractivity contribution in [1.82, 2.24) is 4.90 Å². The van der Waals surface area contributed by atoms with Crippen molar-refractivity contribution in [3.05, 3.63) is 23.8 Å². The van der Waals surface area contributed by atoms with Crippen LogP contribution in [0.15, 0.2) is 18.2 Å². The van der Waals surface area contributed by atoms with E-state index in [4.69, 9.17) is 9.47 Å². The summed E-state index contributed by atoms with van der Waals surface area (Å²) in [6.45, 7) is 5.50. The predicted molar refractivity (Wildman–Crippen MR) is 76.1 cm³/mol. The fourth-order valence-corrected chi connectivity index (χ4v) is 3.53. The van der Waals surface area contributed by atoms with Gasteiger partial charge in [-0.1, -0.05) is 6.92 Å². The first kappa shape index (κ1) is 12.8. The summed E-state index contributed by atoms with van der Waals surface area (Å²) in [7, 11) is 1.73. The molecule has 1 saturated heterocycles. The summed E-state index contributed by atoms with van der Waals surface area (Å²) in [5, 5.41) is 0. The molecule has 3 heteroatoms. The molecule has 0 amide bonds. The van der Waals surface area contributed by atoms with Crippen molar-refractivity contribution in [2.75, 3.05) is 26.8 Å². The molecule has 0 saturated carbocycles. The molecule has 2 aliphatic rings. The van der Waals surface area contributed by atoms with E-state index < -0.39 is 0 Å². The molecule has 1 aromatic carbocycles. The van der Waals surface area contributed by atoms with Crippen LogP contribution in [0.2, 0.25) is 0 Å². The predicted octanol–water partition coefficient (Wildman–Crippen LogP) is 3.05. The lowest BCUT2D eigenvalue weighted by atomic mass is 9.81. The summed E-state index contributed by atoms with van der Waals surface area (Å²) in [6, 6.07) is 6.77. The van der Waals surface area contributed by atoms with Gasteiger partial charge < -0.3 is 9.47 Å². The number of benzene rings is 1. The molecular weight excluding hydrogens is 238 g/mol. The van der Waals surface area contributed by atoms with Gasteiger partial charge in [0.2, 0.25) is 0 Å². The van der Waals surface area contributed by atoms with Crippen LogP contribution in [0.25, 0.3) is 0 Å². The first-order valence-corrected chi connectivity index (χ1v) is 7.38. The standard InChI is InChI=1S/C16H23NO2/c1-3-8-17-9-4-5-13-14-10-12(18-2)6-7-16(14)19-11-15(13)17/h6-7,10,13,15H,3-5,8-9,11H2,1-2H3/t13-,15-/m0/s1. The molecule has 0 aromatic heterocycles. The van der Waals surface area contributed by atoms with Gasteiger partial charge in [0.25, 0.3) is 0 Å². The second kappa shape index (κ2) is 5.41. The molecule has 19 heavy (non-hydrogen) atoms. The van der Waals surface area contributed by atoms with Gasteiger partial charge in [-0.2, -0.15) is 0 Å². The van der Waals surface area contributed by atoms with Crippen LogP contribution in [0.3, 0.4) is 0 Å². The molecule has 0 bridgehead atoms. The minimum Gasteiger partial charge on any atom is -0.497 e. The molecule has 0 N–H and O–H groups in total. The second-order valence-corrected chi connectivity index (χ2v) is 5.57. The average Bonchev–Trinajstić information content (AvgIpc) is 2.47. The lowest BCUT2D eigenvalue weighted by molar-refractivity contribution is 0.0658. The van der Waals surface area contributed by atoms with E-state index in [2.05, 4.69) is 24.0 Å². The topological polar surface area (TPSA) is 21.7 Å². The first-order chi connectivity index (χ1) is 9.33. The Morgan fingerprint density at radius 1 is 1.42 bits per heavy atom. The molecule has 2 heterocycles. The van der Waals surface area contributed by atoms with Crippen LogP contribution in [0.5, 0.6) is 11.5 Å². The zero-order valence-electron chi connectivity index (χ0n) is 11.9. The molecule has 104 valence electrons. The highest BCUT2D eigenvalue weighted by atomic mass is 16.5. The van der Waals surface area contributed by atoms with Gasteiger partial charge in [-0.3, -0.25) is 4.90 Å². The quantitative estimate of drug-likeness (QED) is 0.834. The molecule has 3 nitrogen and oxygen atoms in total. The molecule has 2 aliphatic heterocycles. The molecule has 3 rings (SSSR count). The minimum absolute atomic E-state index is 0.549. The number of ether oxygens (including phenoxy) is 2. The maximum absolute atomic E-state index is 5.97. The van der Waals surface area contributed by atoms with E-state index in [0.717, 1.165) is 18.1 Å². The van der Waals surface area contributed by atoms with E-state index in [-0.39, 0.29) is 0 Å². The molecule has 1 aromatic rings. The van der Waals surface area contributed by atoms with Gasteiger partial charge in [-0.15, -0.1) is 0 Å². The fraction of sp³-hybridized carbons (Fsp3) is 0.625. The van der Waals surface area contributed by atoms with Gasteiger partial charge in [-0.05, 0) is 50.6 Å². The van der Waals surface area contributed by atoms with Gasteiger partial charge in [0.15, 0.2) is 0 Å². The summed E-state index contributed by atoms with van der Waals surface area (Å²) < 4.78 is 11.3. The number of hydrogen-bond acceptors (Lipinski definition) is 3. The van der Waals surface area contributed by atoms with Crippen molar-refractivity contribution in [3.63, 3.8) is 0 Å². The summed E-state index contributed by atoms with van der Waals surface area (Å²) in [6.07, 6.45) is 3.78. The number of hydrogen-bond donors (Lipinski definition) is 0. The third-order valence-electron chi connectivity index (χ3n) is 4.43. The molecule has 0 spiro atoms. The van der Waals surface area contributed by atoms with Crippen molar-refractivity contribution in [2.45, 2.75) is 38.1 Å². The Balaban J connectivity index is 1.90. The number of fused-ring (bicyclic) bond motifs is 3. The monoisotopic (exact) mass is 261 g/mol. The Hall–Kier alpha value is -1.22. The summed E-state index contributed by atoms with van der Waals surface area (Å²) in [5.74, 6) is 2.61. The molecule has 2 atom stereocenters. The van der Waals surface area contributed by atoms with Gasteiger partial charge >= 0.3 is 0 Å². The van der Waals surface area contributed by atoms with Gasteiger partial charge in [0.1, 0.15) is 18.1 Å². The number of likely N-dealkylation sites (tertiary alicyclic amines) is 1. The Morgan fingerprint density at radius 2 is 2.32 bits per heavy atom. The highest BCUT2D eigenvalue weighted by Crippen LogP contribution is 2.42. The van der Waals surface area contributed by atoms with Gasteiger partial charge in [0, 0.05) is 11.5 Å². The maximum Gasteiger partial charge on any atom is 0.123 e. The van der Waals surface area contributed by atoms with E-state index in [9.17, 15) is 0 Å². The van der Waals surface area contributed by atoms with Crippen LogP contribution in [-0.2, 0) is 0 Å². The first-order valence-electron chi connectivity index (χ1n) is 7.38. The van der Waals surface area contributed by atoms with Crippen molar-refractivity contribution < 1.29 is 9.47 Å².